The molecular formula is C15H17N3. The Balaban J connectivity index is 1.86. The van der Waals surface area contributed by atoms with E-state index in [1.807, 2.05) is 12.5 Å². The third-order valence-corrected chi connectivity index (χ3v) is 4.04. The fourth-order valence-corrected chi connectivity index (χ4v) is 2.93. The predicted molar refractivity (Wildman–Crippen MR) is 70.9 cm³/mol. The average molecular weight is 239 g/mol. The van der Waals surface area contributed by atoms with Crippen molar-refractivity contribution in [2.75, 3.05) is 6.54 Å². The van der Waals surface area contributed by atoms with Crippen LogP contribution in [0.5, 0.6) is 0 Å². The van der Waals surface area contributed by atoms with Crippen molar-refractivity contribution in [3.05, 3.63) is 47.5 Å². The minimum atomic E-state index is 0.741. The van der Waals surface area contributed by atoms with Crippen LogP contribution in [0.2, 0.25) is 0 Å². The van der Waals surface area contributed by atoms with Gasteiger partial charge in [0, 0.05) is 24.4 Å². The van der Waals surface area contributed by atoms with Crippen LogP contribution in [-0.4, -0.2) is 16.1 Å². The molecule has 1 aromatic carbocycles. The molecule has 4 rings (SSSR count). The van der Waals surface area contributed by atoms with Crippen molar-refractivity contribution >= 4 is 0 Å². The molecule has 3 heteroatoms. The van der Waals surface area contributed by atoms with Crippen LogP contribution in [-0.2, 0) is 13.0 Å². The maximum absolute atomic E-state index is 4.36. The molecule has 2 aliphatic rings. The van der Waals surface area contributed by atoms with Crippen LogP contribution in [0.1, 0.15) is 35.6 Å². The van der Waals surface area contributed by atoms with E-state index < -0.39 is 0 Å². The first kappa shape index (κ1) is 10.3. The molecule has 92 valence electrons. The van der Waals surface area contributed by atoms with E-state index in [9.17, 15) is 0 Å². The highest BCUT2D eigenvalue weighted by Crippen LogP contribution is 2.41. The summed E-state index contributed by atoms with van der Waals surface area (Å²) in [5, 5.41) is 3.44. The van der Waals surface area contributed by atoms with Crippen molar-refractivity contribution in [1.29, 1.82) is 0 Å². The molecule has 18 heavy (non-hydrogen) atoms. The lowest BCUT2D eigenvalue weighted by atomic mass is 9.99. The quantitative estimate of drug-likeness (QED) is 0.872. The van der Waals surface area contributed by atoms with Crippen LogP contribution in [0.15, 0.2) is 30.7 Å². The molecule has 3 nitrogen and oxygen atoms in total. The molecule has 2 heterocycles. The van der Waals surface area contributed by atoms with Crippen LogP contribution >= 0.6 is 0 Å². The van der Waals surface area contributed by atoms with Crippen LogP contribution in [0.3, 0.4) is 0 Å². The summed E-state index contributed by atoms with van der Waals surface area (Å²) in [6.07, 6.45) is 7.78. The molecule has 2 aromatic rings. The van der Waals surface area contributed by atoms with Gasteiger partial charge in [-0.1, -0.05) is 12.1 Å². The Kier molecular flexibility index (Phi) is 2.27. The van der Waals surface area contributed by atoms with Crippen LogP contribution in [0.25, 0.3) is 5.69 Å². The summed E-state index contributed by atoms with van der Waals surface area (Å²) in [6.45, 7) is 2.08. The Bertz CT molecular complexity index is 581. The van der Waals surface area contributed by atoms with Gasteiger partial charge in [-0.15, -0.1) is 0 Å². The second kappa shape index (κ2) is 3.95. The van der Waals surface area contributed by atoms with Gasteiger partial charge in [0.1, 0.15) is 0 Å². The lowest BCUT2D eigenvalue weighted by Crippen LogP contribution is -2.24. The Labute approximate surface area is 107 Å². The molecule has 0 atom stereocenters. The lowest BCUT2D eigenvalue weighted by molar-refractivity contribution is 0.640. The second-order valence-electron chi connectivity index (χ2n) is 5.30. The van der Waals surface area contributed by atoms with Gasteiger partial charge in [-0.25, -0.2) is 4.98 Å². The molecule has 0 amide bonds. The van der Waals surface area contributed by atoms with Gasteiger partial charge in [0.15, 0.2) is 0 Å². The van der Waals surface area contributed by atoms with Gasteiger partial charge in [-0.3, -0.25) is 0 Å². The average Bonchev–Trinajstić information content (AvgIpc) is 3.16. The number of imidazole rings is 1. The normalized spacial score (nSPS) is 18.7. The van der Waals surface area contributed by atoms with E-state index in [1.165, 1.54) is 35.3 Å². The first-order chi connectivity index (χ1) is 8.93. The number of nitrogens with zero attached hydrogens (tertiary/aromatic N) is 2. The molecule has 1 aliphatic carbocycles. The fraction of sp³-hybridized carbons (Fsp3) is 0.400. The highest BCUT2D eigenvalue weighted by Gasteiger charge is 2.28. The largest absolute Gasteiger partial charge is 0.312 e. The van der Waals surface area contributed by atoms with Crippen molar-refractivity contribution in [3.8, 4) is 5.69 Å². The monoisotopic (exact) mass is 239 g/mol. The van der Waals surface area contributed by atoms with Crippen molar-refractivity contribution in [2.45, 2.75) is 31.7 Å². The molecule has 1 fully saturated rings. The number of aromatic nitrogens is 2. The third kappa shape index (κ3) is 1.58. The zero-order valence-electron chi connectivity index (χ0n) is 10.4. The number of hydrogen-bond acceptors (Lipinski definition) is 2. The summed E-state index contributed by atoms with van der Waals surface area (Å²) in [6, 6.07) is 6.63. The zero-order valence-corrected chi connectivity index (χ0v) is 10.4. The van der Waals surface area contributed by atoms with Crippen molar-refractivity contribution in [2.24, 2.45) is 0 Å². The summed E-state index contributed by atoms with van der Waals surface area (Å²) >= 11 is 0. The molecule has 0 spiro atoms. The highest BCUT2D eigenvalue weighted by molar-refractivity contribution is 5.48. The van der Waals surface area contributed by atoms with E-state index in [1.54, 1.807) is 0 Å². The highest BCUT2D eigenvalue weighted by atomic mass is 15.1. The summed E-state index contributed by atoms with van der Waals surface area (Å²) in [7, 11) is 0. The van der Waals surface area contributed by atoms with Crippen LogP contribution in [0, 0.1) is 0 Å². The summed E-state index contributed by atoms with van der Waals surface area (Å²) < 4.78 is 2.31. The number of benzene rings is 1. The lowest BCUT2D eigenvalue weighted by Gasteiger charge is -2.21. The maximum Gasteiger partial charge on any atom is 0.0994 e. The molecule has 0 bridgehead atoms. The predicted octanol–water partition coefficient (Wildman–Crippen LogP) is 2.40. The zero-order chi connectivity index (χ0) is 11.9. The third-order valence-electron chi connectivity index (χ3n) is 4.04. The van der Waals surface area contributed by atoms with Gasteiger partial charge < -0.3 is 9.88 Å². The molecule has 0 radical (unpaired) electrons. The van der Waals surface area contributed by atoms with Crippen LogP contribution < -0.4 is 5.32 Å². The maximum atomic E-state index is 4.36. The molecular weight excluding hydrogens is 222 g/mol. The van der Waals surface area contributed by atoms with Gasteiger partial charge >= 0.3 is 0 Å². The Morgan fingerprint density at radius 2 is 2.22 bits per heavy atom. The first-order valence-corrected chi connectivity index (χ1v) is 6.77. The first-order valence-electron chi connectivity index (χ1n) is 6.77. The number of rotatable bonds is 2. The second-order valence-corrected chi connectivity index (χ2v) is 5.30. The Morgan fingerprint density at radius 3 is 3.11 bits per heavy atom. The van der Waals surface area contributed by atoms with Crippen molar-refractivity contribution in [1.82, 2.24) is 14.9 Å². The van der Waals surface area contributed by atoms with Gasteiger partial charge in [-0.05, 0) is 43.0 Å². The van der Waals surface area contributed by atoms with E-state index in [2.05, 4.69) is 33.1 Å². The molecule has 1 saturated carbocycles. The van der Waals surface area contributed by atoms with E-state index in [0.29, 0.717) is 0 Å². The minimum Gasteiger partial charge on any atom is -0.312 e. The van der Waals surface area contributed by atoms with E-state index >= 15 is 0 Å². The van der Waals surface area contributed by atoms with Gasteiger partial charge in [0.25, 0.3) is 0 Å². The summed E-state index contributed by atoms with van der Waals surface area (Å²) in [5.41, 5.74) is 5.67. The van der Waals surface area contributed by atoms with Gasteiger partial charge in [-0.2, -0.15) is 0 Å². The Hall–Kier alpha value is -1.61. The topological polar surface area (TPSA) is 29.9 Å². The number of hydrogen-bond donors (Lipinski definition) is 1. The molecule has 1 aromatic heterocycles. The number of nitrogens with one attached hydrogen (secondary N) is 1. The van der Waals surface area contributed by atoms with E-state index in [4.69, 9.17) is 0 Å². The number of fused-ring (bicyclic) bond motifs is 1. The fourth-order valence-electron chi connectivity index (χ4n) is 2.93. The molecule has 0 saturated heterocycles. The van der Waals surface area contributed by atoms with E-state index in [0.717, 1.165) is 25.4 Å². The van der Waals surface area contributed by atoms with Gasteiger partial charge in [0.05, 0.1) is 12.0 Å². The standard InChI is InChI=1S/C15H17N3/c1-2-12-8-16-7-6-13(12)14(3-1)18-10-17-9-15(18)11-4-5-11/h1-3,9-11,16H,4-8H2. The smallest absolute Gasteiger partial charge is 0.0994 e. The SMILES string of the molecule is c1cc2c(c(-n3cncc3C3CC3)c1)CCNC2. The van der Waals surface area contributed by atoms with E-state index in [-0.39, 0.29) is 0 Å². The van der Waals surface area contributed by atoms with Crippen LogP contribution in [0.4, 0.5) is 0 Å². The molecule has 1 aliphatic heterocycles. The van der Waals surface area contributed by atoms with Crippen molar-refractivity contribution < 1.29 is 0 Å². The van der Waals surface area contributed by atoms with Crippen molar-refractivity contribution in [3.63, 3.8) is 0 Å². The Morgan fingerprint density at radius 1 is 1.28 bits per heavy atom. The summed E-state index contributed by atoms with van der Waals surface area (Å²) in [4.78, 5) is 4.36. The minimum absolute atomic E-state index is 0.741. The molecule has 1 N–H and O–H groups in total. The molecule has 0 unspecified atom stereocenters. The van der Waals surface area contributed by atoms with Gasteiger partial charge in [0.2, 0.25) is 0 Å². The summed E-state index contributed by atoms with van der Waals surface area (Å²) in [5.74, 6) is 0.741.